The van der Waals surface area contributed by atoms with Crippen molar-refractivity contribution in [1.29, 1.82) is 0 Å². The molecular weight excluding hydrogens is 414 g/mol. The first-order chi connectivity index (χ1) is 15.0. The van der Waals surface area contributed by atoms with Gasteiger partial charge in [0, 0.05) is 12.5 Å². The second kappa shape index (κ2) is 10.6. The van der Waals surface area contributed by atoms with Gasteiger partial charge in [0.05, 0.1) is 36.6 Å². The van der Waals surface area contributed by atoms with E-state index < -0.39 is 10.0 Å². The highest BCUT2D eigenvalue weighted by Gasteiger charge is 2.24. The van der Waals surface area contributed by atoms with Gasteiger partial charge in [0.1, 0.15) is 5.75 Å². The molecule has 0 saturated carbocycles. The van der Waals surface area contributed by atoms with Crippen LogP contribution in [0.25, 0.3) is 0 Å². The molecule has 0 unspecified atom stereocenters. The van der Waals surface area contributed by atoms with Crippen molar-refractivity contribution in [3.8, 4) is 5.75 Å². The quantitative estimate of drug-likeness (QED) is 0.287. The summed E-state index contributed by atoms with van der Waals surface area (Å²) in [6.45, 7) is 0.0698. The van der Waals surface area contributed by atoms with Crippen molar-refractivity contribution in [1.82, 2.24) is 0 Å². The standard InChI is InChI=1S/C23H25N3O4S/c24-25-18-20-11-9-19(10-12-20)13-16-30-22-6-4-5-21(17-22)26(14-15-27)31(28,29)23-7-2-1-3-8-23/h1-12,17-18,27H,13-16,24H2/b25-18-. The van der Waals surface area contributed by atoms with Crippen LogP contribution in [-0.4, -0.2) is 39.5 Å². The number of benzene rings is 3. The molecule has 8 heteroatoms. The van der Waals surface area contributed by atoms with Crippen LogP contribution in [0.5, 0.6) is 5.75 Å². The molecule has 162 valence electrons. The van der Waals surface area contributed by atoms with Crippen LogP contribution in [0.2, 0.25) is 0 Å². The molecule has 7 nitrogen and oxygen atoms in total. The van der Waals surface area contributed by atoms with Gasteiger partial charge in [-0.25, -0.2) is 8.42 Å². The molecule has 0 heterocycles. The van der Waals surface area contributed by atoms with E-state index in [-0.39, 0.29) is 18.0 Å². The maximum Gasteiger partial charge on any atom is 0.264 e. The molecule has 0 aliphatic carbocycles. The number of hydrogen-bond acceptors (Lipinski definition) is 6. The maximum atomic E-state index is 13.1. The van der Waals surface area contributed by atoms with Gasteiger partial charge < -0.3 is 15.7 Å². The van der Waals surface area contributed by atoms with Gasteiger partial charge in [0.15, 0.2) is 0 Å². The Morgan fingerprint density at radius 3 is 2.42 bits per heavy atom. The lowest BCUT2D eigenvalue weighted by atomic mass is 10.1. The molecule has 0 spiro atoms. The Hall–Kier alpha value is -3.36. The molecule has 0 atom stereocenters. The number of nitrogens with two attached hydrogens (primary N) is 1. The first-order valence-corrected chi connectivity index (χ1v) is 11.2. The predicted octanol–water partition coefficient (Wildman–Crippen LogP) is 2.79. The summed E-state index contributed by atoms with van der Waals surface area (Å²) in [5.41, 5.74) is 2.45. The van der Waals surface area contributed by atoms with Gasteiger partial charge in [-0.05, 0) is 35.4 Å². The van der Waals surface area contributed by atoms with E-state index in [0.29, 0.717) is 24.5 Å². The summed E-state index contributed by atoms with van der Waals surface area (Å²) >= 11 is 0. The van der Waals surface area contributed by atoms with E-state index in [9.17, 15) is 13.5 Å². The van der Waals surface area contributed by atoms with Crippen LogP contribution >= 0.6 is 0 Å². The van der Waals surface area contributed by atoms with Gasteiger partial charge >= 0.3 is 0 Å². The minimum Gasteiger partial charge on any atom is -0.493 e. The van der Waals surface area contributed by atoms with E-state index in [0.717, 1.165) is 11.1 Å². The summed E-state index contributed by atoms with van der Waals surface area (Å²) in [6, 6.07) is 22.8. The molecule has 0 fully saturated rings. The summed E-state index contributed by atoms with van der Waals surface area (Å²) in [4.78, 5) is 0.165. The van der Waals surface area contributed by atoms with E-state index in [4.69, 9.17) is 10.6 Å². The van der Waals surface area contributed by atoms with Crippen LogP contribution < -0.4 is 14.9 Å². The Bertz CT molecular complexity index is 1100. The zero-order chi connectivity index (χ0) is 22.1. The molecule has 0 amide bonds. The normalized spacial score (nSPS) is 11.5. The second-order valence-corrected chi connectivity index (χ2v) is 8.59. The molecule has 0 aromatic heterocycles. The second-order valence-electron chi connectivity index (χ2n) is 6.73. The fourth-order valence-electron chi connectivity index (χ4n) is 3.07. The van der Waals surface area contributed by atoms with Crippen molar-refractivity contribution in [2.45, 2.75) is 11.3 Å². The number of hydrazone groups is 1. The summed E-state index contributed by atoms with van der Waals surface area (Å²) in [6.07, 6.45) is 2.26. The Balaban J connectivity index is 1.71. The highest BCUT2D eigenvalue weighted by molar-refractivity contribution is 7.92. The van der Waals surface area contributed by atoms with Crippen molar-refractivity contribution in [2.24, 2.45) is 10.9 Å². The summed E-state index contributed by atoms with van der Waals surface area (Å²) in [7, 11) is -3.81. The molecule has 0 aliphatic heterocycles. The molecule has 3 N–H and O–H groups in total. The Kier molecular flexibility index (Phi) is 7.64. The van der Waals surface area contributed by atoms with E-state index >= 15 is 0 Å². The highest BCUT2D eigenvalue weighted by Crippen LogP contribution is 2.27. The van der Waals surface area contributed by atoms with E-state index in [2.05, 4.69) is 5.10 Å². The van der Waals surface area contributed by atoms with Gasteiger partial charge in [0.25, 0.3) is 10.0 Å². The number of sulfonamides is 1. The molecule has 3 rings (SSSR count). The van der Waals surface area contributed by atoms with Crippen molar-refractivity contribution in [3.05, 3.63) is 90.0 Å². The van der Waals surface area contributed by atoms with Gasteiger partial charge in [-0.3, -0.25) is 4.31 Å². The summed E-state index contributed by atoms with van der Waals surface area (Å²) in [5, 5.41) is 12.9. The van der Waals surface area contributed by atoms with E-state index in [1.165, 1.54) is 16.4 Å². The summed E-state index contributed by atoms with van der Waals surface area (Å²) < 4.78 is 33.2. The van der Waals surface area contributed by atoms with Crippen LogP contribution in [0, 0.1) is 0 Å². The number of aliphatic hydroxyl groups is 1. The number of anilines is 1. The van der Waals surface area contributed by atoms with Crippen LogP contribution in [0.1, 0.15) is 11.1 Å². The number of rotatable bonds is 10. The average Bonchev–Trinajstić information content (AvgIpc) is 2.79. The number of ether oxygens (including phenoxy) is 1. The van der Waals surface area contributed by atoms with Crippen LogP contribution in [-0.2, 0) is 16.4 Å². The van der Waals surface area contributed by atoms with Crippen LogP contribution in [0.3, 0.4) is 0 Å². The zero-order valence-corrected chi connectivity index (χ0v) is 17.8. The number of aliphatic hydroxyl groups excluding tert-OH is 1. The fourth-order valence-corrected chi connectivity index (χ4v) is 4.54. The molecule has 3 aromatic rings. The third-order valence-electron chi connectivity index (χ3n) is 4.60. The minimum absolute atomic E-state index is 0.0564. The molecule has 0 radical (unpaired) electrons. The van der Waals surface area contributed by atoms with Crippen molar-refractivity contribution >= 4 is 21.9 Å². The van der Waals surface area contributed by atoms with Crippen molar-refractivity contribution in [2.75, 3.05) is 24.1 Å². The lowest BCUT2D eigenvalue weighted by molar-refractivity contribution is 0.306. The molecule has 0 saturated heterocycles. The molecule has 0 aliphatic rings. The van der Waals surface area contributed by atoms with E-state index in [1.807, 2.05) is 24.3 Å². The monoisotopic (exact) mass is 439 g/mol. The largest absolute Gasteiger partial charge is 0.493 e. The first kappa shape index (κ1) is 22.3. The lowest BCUT2D eigenvalue weighted by Crippen LogP contribution is -2.33. The molecule has 3 aromatic carbocycles. The first-order valence-electron chi connectivity index (χ1n) is 9.78. The predicted molar refractivity (Wildman–Crippen MR) is 122 cm³/mol. The molecular formula is C23H25N3O4S. The van der Waals surface area contributed by atoms with Gasteiger partial charge in [-0.1, -0.05) is 48.5 Å². The number of hydrogen-bond donors (Lipinski definition) is 2. The van der Waals surface area contributed by atoms with Gasteiger partial charge in [-0.2, -0.15) is 5.10 Å². The lowest BCUT2D eigenvalue weighted by Gasteiger charge is -2.24. The van der Waals surface area contributed by atoms with Crippen molar-refractivity contribution in [3.63, 3.8) is 0 Å². The highest BCUT2D eigenvalue weighted by atomic mass is 32.2. The minimum atomic E-state index is -3.81. The Morgan fingerprint density at radius 2 is 1.74 bits per heavy atom. The zero-order valence-electron chi connectivity index (χ0n) is 17.0. The van der Waals surface area contributed by atoms with Gasteiger partial charge in [-0.15, -0.1) is 0 Å². The SMILES string of the molecule is N/N=C\c1ccc(CCOc2cccc(N(CCO)S(=O)(=O)c3ccccc3)c2)cc1. The third-order valence-corrected chi connectivity index (χ3v) is 6.44. The maximum absolute atomic E-state index is 13.1. The smallest absolute Gasteiger partial charge is 0.264 e. The number of nitrogens with zero attached hydrogens (tertiary/aromatic N) is 2. The average molecular weight is 440 g/mol. The molecule has 0 bridgehead atoms. The van der Waals surface area contributed by atoms with Crippen LogP contribution in [0.4, 0.5) is 5.69 Å². The Morgan fingerprint density at radius 1 is 1.00 bits per heavy atom. The van der Waals surface area contributed by atoms with Crippen molar-refractivity contribution < 1.29 is 18.3 Å². The summed E-state index contributed by atoms with van der Waals surface area (Å²) in [5.74, 6) is 5.70. The van der Waals surface area contributed by atoms with Crippen LogP contribution in [0.15, 0.2) is 88.9 Å². The molecule has 31 heavy (non-hydrogen) atoms. The van der Waals surface area contributed by atoms with Gasteiger partial charge in [0.2, 0.25) is 0 Å². The fraction of sp³-hybridized carbons (Fsp3) is 0.174. The topological polar surface area (TPSA) is 105 Å². The third kappa shape index (κ3) is 5.84. The van der Waals surface area contributed by atoms with E-state index in [1.54, 1.807) is 48.7 Å². The Labute approximate surface area is 182 Å².